The Bertz CT molecular complexity index is 984. The molecule has 152 valence electrons. The number of ether oxygens (including phenoxy) is 1. The van der Waals surface area contributed by atoms with Gasteiger partial charge in [-0.15, -0.1) is 5.10 Å². The summed E-state index contributed by atoms with van der Waals surface area (Å²) in [5.41, 5.74) is 1.65. The van der Waals surface area contributed by atoms with Gasteiger partial charge in [0.05, 0.1) is 17.7 Å². The molecule has 9 heteroatoms. The number of halogens is 1. The molecule has 3 rings (SSSR count). The third-order valence-electron chi connectivity index (χ3n) is 4.26. The number of hydrogen-bond donors (Lipinski definition) is 2. The van der Waals surface area contributed by atoms with Crippen LogP contribution in [0.1, 0.15) is 29.9 Å². The molecule has 0 aliphatic carbocycles. The van der Waals surface area contributed by atoms with Gasteiger partial charge in [0.25, 0.3) is 5.91 Å². The molecule has 29 heavy (non-hydrogen) atoms. The molecule has 0 atom stereocenters. The fraction of sp³-hybridized carbons (Fsp3) is 0.300. The molecule has 8 nitrogen and oxygen atoms in total. The molecule has 0 unspecified atom stereocenters. The van der Waals surface area contributed by atoms with Gasteiger partial charge in [-0.25, -0.2) is 14.1 Å². The number of hydrogen-bond acceptors (Lipinski definition) is 6. The molecule has 2 N–H and O–H groups in total. The maximum atomic E-state index is 13.2. The van der Waals surface area contributed by atoms with Gasteiger partial charge in [-0.05, 0) is 44.2 Å². The minimum Gasteiger partial charge on any atom is -0.471 e. The fourth-order valence-electron chi connectivity index (χ4n) is 2.53. The number of aliphatic hydroxyl groups is 1. The summed E-state index contributed by atoms with van der Waals surface area (Å²) in [6, 6.07) is 9.15. The number of aryl methyl sites for hydroxylation is 1. The zero-order valence-corrected chi connectivity index (χ0v) is 16.4. The molecule has 0 radical (unpaired) electrons. The lowest BCUT2D eigenvalue weighted by atomic mass is 10.1. The SMILES string of the molecule is Cn1nnc(-c2ccc(F)cc2)c1COc1ccc(C(=O)NC(C)(C)CO)cn1. The number of rotatable bonds is 7. The van der Waals surface area contributed by atoms with Gasteiger partial charge in [0, 0.05) is 24.9 Å². The molecule has 1 amide bonds. The first-order valence-corrected chi connectivity index (χ1v) is 8.96. The average molecular weight is 399 g/mol. The summed E-state index contributed by atoms with van der Waals surface area (Å²) in [6.07, 6.45) is 1.40. The van der Waals surface area contributed by atoms with Gasteiger partial charge in [-0.1, -0.05) is 5.21 Å². The molecule has 2 heterocycles. The smallest absolute Gasteiger partial charge is 0.253 e. The highest BCUT2D eigenvalue weighted by atomic mass is 19.1. The van der Waals surface area contributed by atoms with E-state index in [2.05, 4.69) is 20.6 Å². The van der Waals surface area contributed by atoms with Crippen molar-refractivity contribution in [3.05, 3.63) is 59.7 Å². The number of carbonyl (C=O) groups is 1. The molecule has 0 saturated heterocycles. The van der Waals surface area contributed by atoms with E-state index in [9.17, 15) is 14.3 Å². The topological polar surface area (TPSA) is 102 Å². The number of pyridine rings is 1. The summed E-state index contributed by atoms with van der Waals surface area (Å²) < 4.78 is 20.5. The fourth-order valence-corrected chi connectivity index (χ4v) is 2.53. The number of nitrogens with zero attached hydrogens (tertiary/aromatic N) is 4. The van der Waals surface area contributed by atoms with Gasteiger partial charge in [-0.2, -0.15) is 0 Å². The van der Waals surface area contributed by atoms with Gasteiger partial charge < -0.3 is 15.2 Å². The van der Waals surface area contributed by atoms with E-state index in [1.807, 2.05) is 0 Å². The number of aliphatic hydroxyl groups excluding tert-OH is 1. The summed E-state index contributed by atoms with van der Waals surface area (Å²) in [4.78, 5) is 16.3. The lowest BCUT2D eigenvalue weighted by Gasteiger charge is -2.23. The van der Waals surface area contributed by atoms with Crippen LogP contribution < -0.4 is 10.1 Å². The van der Waals surface area contributed by atoms with Crippen LogP contribution in [-0.2, 0) is 13.7 Å². The van der Waals surface area contributed by atoms with Gasteiger partial charge >= 0.3 is 0 Å². The minimum absolute atomic E-state index is 0.145. The maximum absolute atomic E-state index is 13.2. The third-order valence-corrected chi connectivity index (χ3v) is 4.26. The predicted molar refractivity (Wildman–Crippen MR) is 104 cm³/mol. The average Bonchev–Trinajstić information content (AvgIpc) is 3.07. The van der Waals surface area contributed by atoms with E-state index in [4.69, 9.17) is 4.74 Å². The van der Waals surface area contributed by atoms with Gasteiger partial charge in [0.2, 0.25) is 5.88 Å². The molecule has 0 saturated carbocycles. The monoisotopic (exact) mass is 399 g/mol. The van der Waals surface area contributed by atoms with Crippen LogP contribution in [-0.4, -0.2) is 43.1 Å². The van der Waals surface area contributed by atoms with Crippen LogP contribution in [0.4, 0.5) is 4.39 Å². The van der Waals surface area contributed by atoms with Crippen molar-refractivity contribution in [3.63, 3.8) is 0 Å². The van der Waals surface area contributed by atoms with Crippen molar-refractivity contribution >= 4 is 5.91 Å². The van der Waals surface area contributed by atoms with E-state index in [0.717, 1.165) is 5.56 Å². The van der Waals surface area contributed by atoms with Crippen LogP contribution in [0.2, 0.25) is 0 Å². The number of nitrogens with one attached hydrogen (secondary N) is 1. The lowest BCUT2D eigenvalue weighted by Crippen LogP contribution is -2.46. The van der Waals surface area contributed by atoms with Crippen molar-refractivity contribution in [1.82, 2.24) is 25.3 Å². The maximum Gasteiger partial charge on any atom is 0.253 e. The Balaban J connectivity index is 1.69. The Morgan fingerprint density at radius 1 is 1.24 bits per heavy atom. The predicted octanol–water partition coefficient (Wildman–Crippen LogP) is 2.10. The van der Waals surface area contributed by atoms with Gasteiger partial charge in [0.1, 0.15) is 23.8 Å². The molecule has 3 aromatic rings. The van der Waals surface area contributed by atoms with E-state index in [1.54, 1.807) is 49.8 Å². The first kappa shape index (κ1) is 20.4. The third kappa shape index (κ3) is 4.94. The molecule has 0 aliphatic heterocycles. The largest absolute Gasteiger partial charge is 0.471 e. The van der Waals surface area contributed by atoms with Crippen molar-refractivity contribution in [2.75, 3.05) is 6.61 Å². The van der Waals surface area contributed by atoms with Crippen LogP contribution in [0.3, 0.4) is 0 Å². The van der Waals surface area contributed by atoms with Crippen molar-refractivity contribution in [3.8, 4) is 17.1 Å². The molecule has 0 fully saturated rings. The molecule has 2 aromatic heterocycles. The highest BCUT2D eigenvalue weighted by Gasteiger charge is 2.20. The number of amides is 1. The summed E-state index contributed by atoms with van der Waals surface area (Å²) in [6.45, 7) is 3.40. The van der Waals surface area contributed by atoms with Crippen molar-refractivity contribution in [1.29, 1.82) is 0 Å². The summed E-state index contributed by atoms with van der Waals surface area (Å²) in [7, 11) is 1.74. The summed E-state index contributed by atoms with van der Waals surface area (Å²) >= 11 is 0. The molecule has 1 aromatic carbocycles. The second-order valence-corrected chi connectivity index (χ2v) is 7.19. The first-order valence-electron chi connectivity index (χ1n) is 8.96. The first-order chi connectivity index (χ1) is 13.8. The number of benzene rings is 1. The Kier molecular flexibility index (Phi) is 5.88. The van der Waals surface area contributed by atoms with Gasteiger partial charge in [-0.3, -0.25) is 4.79 Å². The van der Waals surface area contributed by atoms with E-state index < -0.39 is 5.54 Å². The van der Waals surface area contributed by atoms with Gasteiger partial charge in [0.15, 0.2) is 0 Å². The van der Waals surface area contributed by atoms with Crippen LogP contribution >= 0.6 is 0 Å². The molecule has 0 spiro atoms. The zero-order valence-electron chi connectivity index (χ0n) is 16.4. The Labute approximate surface area is 167 Å². The summed E-state index contributed by atoms with van der Waals surface area (Å²) in [5, 5.41) is 20.1. The highest BCUT2D eigenvalue weighted by Crippen LogP contribution is 2.22. The van der Waals surface area contributed by atoms with Crippen LogP contribution in [0.25, 0.3) is 11.3 Å². The minimum atomic E-state index is -0.727. The highest BCUT2D eigenvalue weighted by molar-refractivity contribution is 5.94. The van der Waals surface area contributed by atoms with Crippen LogP contribution in [0.15, 0.2) is 42.6 Å². The Hall–Kier alpha value is -3.33. The molecular formula is C20H22FN5O3. The molecular weight excluding hydrogens is 377 g/mol. The quantitative estimate of drug-likeness (QED) is 0.631. The zero-order chi connectivity index (χ0) is 21.0. The van der Waals surface area contributed by atoms with E-state index in [0.29, 0.717) is 22.8 Å². The van der Waals surface area contributed by atoms with E-state index in [1.165, 1.54) is 18.3 Å². The number of aromatic nitrogens is 4. The summed E-state index contributed by atoms with van der Waals surface area (Å²) in [5.74, 6) is -0.335. The van der Waals surface area contributed by atoms with Crippen molar-refractivity contribution < 1.29 is 19.0 Å². The standard InChI is InChI=1S/C20H22FN5O3/c1-20(2,12-27)23-19(28)14-6-9-17(22-10-14)29-11-16-18(24-25-26(16)3)13-4-7-15(21)8-5-13/h4-10,27H,11-12H2,1-3H3,(H,23,28). The van der Waals surface area contributed by atoms with E-state index >= 15 is 0 Å². The van der Waals surface area contributed by atoms with Crippen LogP contribution in [0, 0.1) is 5.82 Å². The Morgan fingerprint density at radius 3 is 2.59 bits per heavy atom. The van der Waals surface area contributed by atoms with Crippen molar-refractivity contribution in [2.45, 2.75) is 26.0 Å². The van der Waals surface area contributed by atoms with Crippen molar-refractivity contribution in [2.24, 2.45) is 7.05 Å². The van der Waals surface area contributed by atoms with Crippen LogP contribution in [0.5, 0.6) is 5.88 Å². The molecule has 0 aliphatic rings. The Morgan fingerprint density at radius 2 is 1.97 bits per heavy atom. The molecule has 0 bridgehead atoms. The lowest BCUT2D eigenvalue weighted by molar-refractivity contribution is 0.0869. The second kappa shape index (κ2) is 8.36. The number of carbonyl (C=O) groups excluding carboxylic acids is 1. The second-order valence-electron chi connectivity index (χ2n) is 7.19. The normalized spacial score (nSPS) is 11.3. The van der Waals surface area contributed by atoms with E-state index in [-0.39, 0.29) is 24.9 Å².